The molecule has 112 valence electrons. The Hall–Kier alpha value is -3.20. The van der Waals surface area contributed by atoms with Crippen LogP contribution in [0.1, 0.15) is 11.1 Å². The minimum atomic E-state index is -0.971. The molecule has 0 bridgehead atoms. The quantitative estimate of drug-likeness (QED) is 0.728. The Balaban J connectivity index is 2.13. The molecule has 1 N–H and O–H groups in total. The molecular weight excluding hydrogens is 286 g/mol. The Morgan fingerprint density at radius 1 is 0.913 bits per heavy atom. The second-order valence-corrected chi connectivity index (χ2v) is 5.06. The molecule has 3 nitrogen and oxygen atoms in total. The highest BCUT2D eigenvalue weighted by Crippen LogP contribution is 2.27. The Morgan fingerprint density at radius 2 is 1.65 bits per heavy atom. The maximum Gasteiger partial charge on any atom is 0.336 e. The van der Waals surface area contributed by atoms with Crippen LogP contribution < -0.4 is 0 Å². The summed E-state index contributed by atoms with van der Waals surface area (Å²) in [5, 5.41) is 9.55. The number of rotatable bonds is 4. The molecule has 3 rings (SSSR count). The molecule has 0 unspecified atom stereocenters. The van der Waals surface area contributed by atoms with Gasteiger partial charge in [0.25, 0.3) is 0 Å². The molecule has 1 aromatic heterocycles. The minimum Gasteiger partial charge on any atom is -0.478 e. The van der Waals surface area contributed by atoms with Gasteiger partial charge < -0.3 is 5.11 Å². The van der Waals surface area contributed by atoms with E-state index >= 15 is 0 Å². The first-order valence-electron chi connectivity index (χ1n) is 7.25. The van der Waals surface area contributed by atoms with Crippen molar-refractivity contribution < 1.29 is 9.90 Å². The minimum absolute atomic E-state index is 0.224. The van der Waals surface area contributed by atoms with Crippen LogP contribution in [0.25, 0.3) is 22.8 Å². The lowest BCUT2D eigenvalue weighted by atomic mass is 9.96. The van der Waals surface area contributed by atoms with Gasteiger partial charge >= 0.3 is 5.97 Å². The van der Waals surface area contributed by atoms with E-state index in [0.717, 1.165) is 16.7 Å². The molecule has 3 heteroatoms. The largest absolute Gasteiger partial charge is 0.478 e. The molecule has 3 aromatic rings. The lowest BCUT2D eigenvalue weighted by molar-refractivity contribution is -0.130. The maximum absolute atomic E-state index is 11.7. The zero-order valence-electron chi connectivity index (χ0n) is 12.4. The molecule has 0 atom stereocenters. The van der Waals surface area contributed by atoms with E-state index in [1.54, 1.807) is 30.6 Å². The smallest absolute Gasteiger partial charge is 0.336 e. The number of carboxylic acid groups (broad SMARTS) is 1. The van der Waals surface area contributed by atoms with E-state index in [4.69, 9.17) is 0 Å². The number of nitrogens with zero attached hydrogens (tertiary/aromatic N) is 1. The van der Waals surface area contributed by atoms with Gasteiger partial charge in [0.05, 0.1) is 5.57 Å². The molecule has 0 spiro atoms. The second kappa shape index (κ2) is 6.71. The highest BCUT2D eigenvalue weighted by molar-refractivity contribution is 6.21. The van der Waals surface area contributed by atoms with Crippen molar-refractivity contribution in [3.8, 4) is 11.1 Å². The van der Waals surface area contributed by atoms with Gasteiger partial charge in [-0.2, -0.15) is 0 Å². The van der Waals surface area contributed by atoms with Crippen molar-refractivity contribution >= 4 is 17.6 Å². The third kappa shape index (κ3) is 3.35. The molecule has 0 aliphatic carbocycles. The van der Waals surface area contributed by atoms with Crippen molar-refractivity contribution in [3.63, 3.8) is 0 Å². The topological polar surface area (TPSA) is 50.2 Å². The fourth-order valence-electron chi connectivity index (χ4n) is 2.45. The number of hydrogen-bond acceptors (Lipinski definition) is 2. The Bertz CT molecular complexity index is 840. The normalized spacial score (nSPS) is 11.2. The van der Waals surface area contributed by atoms with Crippen LogP contribution in [0.5, 0.6) is 0 Å². The summed E-state index contributed by atoms with van der Waals surface area (Å²) in [7, 11) is 0. The highest BCUT2D eigenvalue weighted by Gasteiger charge is 2.12. The molecule has 0 saturated heterocycles. The fraction of sp³-hybridized carbons (Fsp3) is 0. The summed E-state index contributed by atoms with van der Waals surface area (Å²) in [6.07, 6.45) is 4.88. The Kier molecular flexibility index (Phi) is 4.29. The fourth-order valence-corrected chi connectivity index (χ4v) is 2.45. The van der Waals surface area contributed by atoms with E-state index in [1.165, 1.54) is 0 Å². The van der Waals surface area contributed by atoms with Crippen molar-refractivity contribution in [2.75, 3.05) is 0 Å². The van der Waals surface area contributed by atoms with Crippen molar-refractivity contribution in [1.82, 2.24) is 4.98 Å². The Morgan fingerprint density at radius 3 is 2.35 bits per heavy atom. The van der Waals surface area contributed by atoms with Crippen LogP contribution in [0.3, 0.4) is 0 Å². The van der Waals surface area contributed by atoms with Gasteiger partial charge in [0.1, 0.15) is 0 Å². The molecule has 23 heavy (non-hydrogen) atoms. The zero-order valence-corrected chi connectivity index (χ0v) is 12.4. The van der Waals surface area contributed by atoms with Crippen LogP contribution >= 0.6 is 0 Å². The van der Waals surface area contributed by atoms with Gasteiger partial charge in [-0.1, -0.05) is 60.7 Å². The van der Waals surface area contributed by atoms with Crippen molar-refractivity contribution in [2.24, 2.45) is 0 Å². The molecule has 0 aliphatic heterocycles. The van der Waals surface area contributed by atoms with Crippen LogP contribution in [0, 0.1) is 0 Å². The molecular formula is C20H15NO2. The SMILES string of the molecule is O=C(O)/C(=C/c1ccccc1-c1ccccc1)c1cccnc1. The summed E-state index contributed by atoms with van der Waals surface area (Å²) < 4.78 is 0. The van der Waals surface area contributed by atoms with Crippen LogP contribution in [-0.2, 0) is 4.79 Å². The zero-order chi connectivity index (χ0) is 16.1. The lowest BCUT2D eigenvalue weighted by Crippen LogP contribution is -2.00. The summed E-state index contributed by atoms with van der Waals surface area (Å²) >= 11 is 0. The van der Waals surface area contributed by atoms with Crippen LogP contribution in [0.4, 0.5) is 0 Å². The summed E-state index contributed by atoms with van der Waals surface area (Å²) in [5.41, 5.74) is 3.72. The lowest BCUT2D eigenvalue weighted by Gasteiger charge is -2.08. The van der Waals surface area contributed by atoms with E-state index < -0.39 is 5.97 Å². The number of aromatic nitrogens is 1. The predicted molar refractivity (Wildman–Crippen MR) is 91.6 cm³/mol. The highest BCUT2D eigenvalue weighted by atomic mass is 16.4. The third-order valence-corrected chi connectivity index (χ3v) is 3.55. The molecule has 0 saturated carbocycles. The monoisotopic (exact) mass is 301 g/mol. The number of aliphatic carboxylic acids is 1. The van der Waals surface area contributed by atoms with Crippen molar-refractivity contribution in [1.29, 1.82) is 0 Å². The van der Waals surface area contributed by atoms with Gasteiger partial charge in [-0.3, -0.25) is 4.98 Å². The first-order valence-corrected chi connectivity index (χ1v) is 7.25. The number of benzene rings is 2. The van der Waals surface area contributed by atoms with Crippen LogP contribution in [-0.4, -0.2) is 16.1 Å². The van der Waals surface area contributed by atoms with E-state index in [2.05, 4.69) is 4.98 Å². The van der Waals surface area contributed by atoms with Crippen molar-refractivity contribution in [3.05, 3.63) is 90.3 Å². The number of carbonyl (C=O) groups is 1. The molecule has 0 fully saturated rings. The predicted octanol–water partition coefficient (Wildman–Crippen LogP) is 4.37. The Labute approximate surface area is 134 Å². The number of carboxylic acids is 1. The van der Waals surface area contributed by atoms with E-state index in [-0.39, 0.29) is 5.57 Å². The third-order valence-electron chi connectivity index (χ3n) is 3.55. The summed E-state index contributed by atoms with van der Waals surface area (Å²) in [6, 6.07) is 21.2. The first-order chi connectivity index (χ1) is 11.3. The average Bonchev–Trinajstić information content (AvgIpc) is 2.61. The van der Waals surface area contributed by atoms with E-state index in [9.17, 15) is 9.90 Å². The van der Waals surface area contributed by atoms with Crippen molar-refractivity contribution in [2.45, 2.75) is 0 Å². The van der Waals surface area contributed by atoms with Gasteiger partial charge in [-0.15, -0.1) is 0 Å². The standard InChI is InChI=1S/C20H15NO2/c22-20(23)19(17-10-6-12-21-14-17)13-16-9-4-5-11-18(16)15-7-2-1-3-8-15/h1-14H,(H,22,23)/b19-13+. The average molecular weight is 301 g/mol. The number of pyridine rings is 1. The molecule has 2 aromatic carbocycles. The first kappa shape index (κ1) is 14.7. The van der Waals surface area contributed by atoms with E-state index in [1.807, 2.05) is 54.6 Å². The van der Waals surface area contributed by atoms with Crippen LogP contribution in [0.15, 0.2) is 79.1 Å². The van der Waals surface area contributed by atoms with Gasteiger partial charge in [-0.25, -0.2) is 4.79 Å². The summed E-state index contributed by atoms with van der Waals surface area (Å²) in [5.74, 6) is -0.971. The van der Waals surface area contributed by atoms with Gasteiger partial charge in [0.2, 0.25) is 0 Å². The number of hydrogen-bond donors (Lipinski definition) is 1. The second-order valence-electron chi connectivity index (χ2n) is 5.06. The molecule has 0 radical (unpaired) electrons. The molecule has 0 aliphatic rings. The van der Waals surface area contributed by atoms with Gasteiger partial charge in [0.15, 0.2) is 0 Å². The van der Waals surface area contributed by atoms with E-state index in [0.29, 0.717) is 5.56 Å². The molecule has 1 heterocycles. The van der Waals surface area contributed by atoms with Gasteiger partial charge in [-0.05, 0) is 28.8 Å². The summed E-state index contributed by atoms with van der Waals surface area (Å²) in [6.45, 7) is 0. The van der Waals surface area contributed by atoms with Crippen LogP contribution in [0.2, 0.25) is 0 Å². The maximum atomic E-state index is 11.7. The summed E-state index contributed by atoms with van der Waals surface area (Å²) in [4.78, 5) is 15.7. The van der Waals surface area contributed by atoms with Gasteiger partial charge in [0, 0.05) is 18.0 Å². The molecule has 0 amide bonds.